The number of anilines is 1. The molecule has 9 heteroatoms. The predicted molar refractivity (Wildman–Crippen MR) is 100 cm³/mol. The zero-order valence-corrected chi connectivity index (χ0v) is 15.6. The molecule has 0 aliphatic rings. The van der Waals surface area contributed by atoms with Crippen molar-refractivity contribution in [1.29, 1.82) is 0 Å². The van der Waals surface area contributed by atoms with Gasteiger partial charge in [-0.2, -0.15) is 0 Å². The third kappa shape index (κ3) is 4.14. The van der Waals surface area contributed by atoms with Gasteiger partial charge in [0.1, 0.15) is 30.1 Å². The van der Waals surface area contributed by atoms with Crippen molar-refractivity contribution in [2.24, 2.45) is 0 Å². The first-order valence-corrected chi connectivity index (χ1v) is 8.42. The Labute approximate surface area is 160 Å². The van der Waals surface area contributed by atoms with E-state index in [1.54, 1.807) is 31.2 Å². The van der Waals surface area contributed by atoms with E-state index in [9.17, 15) is 14.9 Å². The number of carbonyl (C=O) groups excluding carboxylic acids is 1. The minimum atomic E-state index is -0.535. The highest BCUT2D eigenvalue weighted by Crippen LogP contribution is 2.20. The van der Waals surface area contributed by atoms with Crippen LogP contribution in [0.15, 0.2) is 41.1 Å². The normalized spacial score (nSPS) is 10.5. The van der Waals surface area contributed by atoms with Gasteiger partial charge in [-0.25, -0.2) is 4.98 Å². The summed E-state index contributed by atoms with van der Waals surface area (Å²) < 4.78 is 10.8. The molecule has 0 radical (unpaired) electrons. The van der Waals surface area contributed by atoms with Gasteiger partial charge in [0.15, 0.2) is 0 Å². The molecule has 28 heavy (non-hydrogen) atoms. The molecule has 2 heterocycles. The number of aromatic nitrogens is 2. The number of benzene rings is 1. The fourth-order valence-corrected chi connectivity index (χ4v) is 2.54. The molecule has 0 saturated carbocycles. The average molecular weight is 382 g/mol. The number of nitrogens with zero attached hydrogens (tertiary/aromatic N) is 3. The summed E-state index contributed by atoms with van der Waals surface area (Å²) in [4.78, 5) is 26.6. The summed E-state index contributed by atoms with van der Waals surface area (Å²) in [6.45, 7) is 5.62. The van der Waals surface area contributed by atoms with E-state index in [0.29, 0.717) is 29.2 Å². The highest BCUT2D eigenvalue weighted by atomic mass is 16.6. The Hall–Kier alpha value is -3.75. The summed E-state index contributed by atoms with van der Waals surface area (Å²) >= 11 is 0. The van der Waals surface area contributed by atoms with Crippen molar-refractivity contribution in [2.75, 3.05) is 5.32 Å². The SMILES string of the molecule is Cc1cc([N+](=O)[O-])cnc1NC(=O)c1ccc(OCc2c(C)noc2C)cc1. The van der Waals surface area contributed by atoms with Crippen LogP contribution in [0.4, 0.5) is 11.5 Å². The highest BCUT2D eigenvalue weighted by molar-refractivity contribution is 6.04. The van der Waals surface area contributed by atoms with Gasteiger partial charge in [-0.3, -0.25) is 14.9 Å². The summed E-state index contributed by atoms with van der Waals surface area (Å²) in [5.41, 5.74) is 2.45. The van der Waals surface area contributed by atoms with E-state index in [1.165, 1.54) is 6.07 Å². The lowest BCUT2D eigenvalue weighted by Gasteiger charge is -2.09. The summed E-state index contributed by atoms with van der Waals surface area (Å²) in [6.07, 6.45) is 1.11. The Morgan fingerprint density at radius 3 is 2.54 bits per heavy atom. The van der Waals surface area contributed by atoms with Gasteiger partial charge in [-0.1, -0.05) is 5.16 Å². The van der Waals surface area contributed by atoms with Crippen LogP contribution in [0.25, 0.3) is 0 Å². The fourth-order valence-electron chi connectivity index (χ4n) is 2.54. The molecule has 1 aromatic carbocycles. The minimum Gasteiger partial charge on any atom is -0.489 e. The second-order valence-corrected chi connectivity index (χ2v) is 6.19. The van der Waals surface area contributed by atoms with Crippen LogP contribution in [0.2, 0.25) is 0 Å². The molecule has 9 nitrogen and oxygen atoms in total. The Morgan fingerprint density at radius 1 is 1.25 bits per heavy atom. The lowest BCUT2D eigenvalue weighted by atomic mass is 10.2. The average Bonchev–Trinajstić information content (AvgIpc) is 2.99. The van der Waals surface area contributed by atoms with Crippen LogP contribution in [0.1, 0.15) is 32.9 Å². The summed E-state index contributed by atoms with van der Waals surface area (Å²) in [7, 11) is 0. The molecule has 144 valence electrons. The predicted octanol–water partition coefficient (Wildman–Crippen LogP) is 3.73. The maximum Gasteiger partial charge on any atom is 0.287 e. The first-order valence-electron chi connectivity index (χ1n) is 8.42. The van der Waals surface area contributed by atoms with Gasteiger partial charge < -0.3 is 14.6 Å². The molecule has 0 spiro atoms. The van der Waals surface area contributed by atoms with Gasteiger partial charge in [0, 0.05) is 11.6 Å². The molecule has 3 rings (SSSR count). The van der Waals surface area contributed by atoms with Crippen LogP contribution >= 0.6 is 0 Å². The number of nitro groups is 1. The van der Waals surface area contributed by atoms with Gasteiger partial charge in [-0.05, 0) is 50.6 Å². The van der Waals surface area contributed by atoms with Crippen molar-refractivity contribution in [2.45, 2.75) is 27.4 Å². The van der Waals surface area contributed by atoms with Crippen molar-refractivity contribution < 1.29 is 19.0 Å². The topological polar surface area (TPSA) is 120 Å². The van der Waals surface area contributed by atoms with Crippen molar-refractivity contribution in [3.8, 4) is 5.75 Å². The Balaban J connectivity index is 1.64. The van der Waals surface area contributed by atoms with Crippen LogP contribution in [-0.4, -0.2) is 21.0 Å². The Bertz CT molecular complexity index is 1010. The molecule has 0 fully saturated rings. The number of amides is 1. The van der Waals surface area contributed by atoms with E-state index in [2.05, 4.69) is 15.5 Å². The highest BCUT2D eigenvalue weighted by Gasteiger charge is 2.13. The Kier molecular flexibility index (Phi) is 5.35. The maximum absolute atomic E-state index is 12.4. The second kappa shape index (κ2) is 7.87. The van der Waals surface area contributed by atoms with Crippen LogP contribution in [0.3, 0.4) is 0 Å². The smallest absolute Gasteiger partial charge is 0.287 e. The van der Waals surface area contributed by atoms with Crippen molar-refractivity contribution >= 4 is 17.4 Å². The number of carbonyl (C=O) groups is 1. The first kappa shape index (κ1) is 19.0. The summed E-state index contributed by atoms with van der Waals surface area (Å²) in [5, 5.41) is 17.3. The molecule has 0 unspecified atom stereocenters. The second-order valence-electron chi connectivity index (χ2n) is 6.19. The number of nitrogens with one attached hydrogen (secondary N) is 1. The molecule has 0 aliphatic carbocycles. The van der Waals surface area contributed by atoms with E-state index in [1.807, 2.05) is 13.8 Å². The van der Waals surface area contributed by atoms with Crippen LogP contribution < -0.4 is 10.1 Å². The zero-order valence-electron chi connectivity index (χ0n) is 15.6. The van der Waals surface area contributed by atoms with Gasteiger partial charge in [-0.15, -0.1) is 0 Å². The van der Waals surface area contributed by atoms with E-state index < -0.39 is 4.92 Å². The minimum absolute atomic E-state index is 0.129. The van der Waals surface area contributed by atoms with Gasteiger partial charge in [0.2, 0.25) is 0 Å². The van der Waals surface area contributed by atoms with Gasteiger partial charge in [0.25, 0.3) is 11.6 Å². The van der Waals surface area contributed by atoms with E-state index in [0.717, 1.165) is 17.5 Å². The van der Waals surface area contributed by atoms with E-state index >= 15 is 0 Å². The molecule has 0 saturated heterocycles. The molecule has 0 atom stereocenters. The molecule has 3 aromatic rings. The van der Waals surface area contributed by atoms with Crippen LogP contribution in [0.5, 0.6) is 5.75 Å². The van der Waals surface area contributed by atoms with Crippen molar-refractivity contribution in [3.63, 3.8) is 0 Å². The molecule has 1 N–H and O–H groups in total. The fraction of sp³-hybridized carbons (Fsp3) is 0.211. The van der Waals surface area contributed by atoms with Crippen LogP contribution in [0, 0.1) is 30.9 Å². The molecule has 0 aliphatic heterocycles. The zero-order chi connectivity index (χ0) is 20.3. The third-order valence-electron chi connectivity index (χ3n) is 4.19. The molecule has 1 amide bonds. The van der Waals surface area contributed by atoms with Crippen molar-refractivity contribution in [3.05, 3.63) is 74.8 Å². The summed E-state index contributed by atoms with van der Waals surface area (Å²) in [5.74, 6) is 1.21. The third-order valence-corrected chi connectivity index (χ3v) is 4.19. The van der Waals surface area contributed by atoms with E-state index in [4.69, 9.17) is 9.26 Å². The van der Waals surface area contributed by atoms with Crippen molar-refractivity contribution in [1.82, 2.24) is 10.1 Å². The molecule has 0 bridgehead atoms. The number of rotatable bonds is 6. The van der Waals surface area contributed by atoms with E-state index in [-0.39, 0.29) is 17.4 Å². The summed E-state index contributed by atoms with van der Waals surface area (Å²) in [6, 6.07) is 7.97. The quantitative estimate of drug-likeness (QED) is 0.509. The monoisotopic (exact) mass is 382 g/mol. The largest absolute Gasteiger partial charge is 0.489 e. The lowest BCUT2D eigenvalue weighted by Crippen LogP contribution is -2.14. The molecular weight excluding hydrogens is 364 g/mol. The number of hydrogen-bond acceptors (Lipinski definition) is 7. The van der Waals surface area contributed by atoms with Gasteiger partial charge >= 0.3 is 0 Å². The maximum atomic E-state index is 12.4. The number of pyridine rings is 1. The molecular formula is C19H18N4O5. The lowest BCUT2D eigenvalue weighted by molar-refractivity contribution is -0.385. The molecule has 2 aromatic heterocycles. The van der Waals surface area contributed by atoms with Gasteiger partial charge in [0.05, 0.1) is 16.2 Å². The number of ether oxygens (including phenoxy) is 1. The number of aryl methyl sites for hydroxylation is 3. The van der Waals surface area contributed by atoms with Crippen LogP contribution in [-0.2, 0) is 6.61 Å². The number of hydrogen-bond donors (Lipinski definition) is 1. The first-order chi connectivity index (χ1) is 13.3. The standard InChI is InChI=1S/C19H18N4O5/c1-11-8-15(23(25)26)9-20-18(11)21-19(24)14-4-6-16(7-5-14)27-10-17-12(2)22-28-13(17)3/h4-9H,10H2,1-3H3,(H,20,21,24). The Morgan fingerprint density at radius 2 is 1.96 bits per heavy atom.